The summed E-state index contributed by atoms with van der Waals surface area (Å²) in [6.07, 6.45) is 1.09. The molecule has 114 valence electrons. The third-order valence-corrected chi connectivity index (χ3v) is 3.91. The number of benzene rings is 1. The van der Waals surface area contributed by atoms with Crippen LogP contribution in [0.2, 0.25) is 0 Å². The number of para-hydroxylation sites is 1. The summed E-state index contributed by atoms with van der Waals surface area (Å²) in [4.78, 5) is 0. The lowest BCUT2D eigenvalue weighted by molar-refractivity contribution is 0.417. The first-order valence-corrected chi connectivity index (χ1v) is 7.52. The summed E-state index contributed by atoms with van der Waals surface area (Å²) in [5.74, 6) is 2.22. The number of hydrogen-bond acceptors (Lipinski definition) is 3. The zero-order chi connectivity index (χ0) is 15.4. The number of aromatic nitrogens is 2. The van der Waals surface area contributed by atoms with Gasteiger partial charge in [-0.15, -0.1) is 0 Å². The van der Waals surface area contributed by atoms with Crippen molar-refractivity contribution in [2.24, 2.45) is 7.05 Å². The average Bonchev–Trinajstić information content (AvgIpc) is 2.74. The van der Waals surface area contributed by atoms with Gasteiger partial charge < -0.3 is 10.1 Å². The Balaban J connectivity index is 2.39. The van der Waals surface area contributed by atoms with E-state index in [1.54, 1.807) is 0 Å². The molecule has 1 N–H and O–H groups in total. The quantitative estimate of drug-likeness (QED) is 0.879. The summed E-state index contributed by atoms with van der Waals surface area (Å²) in [5, 5.41) is 7.65. The zero-order valence-electron chi connectivity index (χ0n) is 13.6. The minimum atomic E-state index is 0.475. The van der Waals surface area contributed by atoms with Crippen LogP contribution < -0.4 is 10.1 Å². The predicted octanol–water partition coefficient (Wildman–Crippen LogP) is 3.75. The van der Waals surface area contributed by atoms with Gasteiger partial charge in [0.05, 0.1) is 11.3 Å². The molecule has 2 rings (SSSR count). The molecular weight excluding hydrogens is 262 g/mol. The van der Waals surface area contributed by atoms with Crippen LogP contribution in [-0.2, 0) is 13.6 Å². The maximum atomic E-state index is 6.23. The Kier molecular flexibility index (Phi) is 5.02. The highest BCUT2D eigenvalue weighted by atomic mass is 16.5. The van der Waals surface area contributed by atoms with Crippen LogP contribution in [0, 0.1) is 6.92 Å². The fraction of sp³-hybridized carbons (Fsp3) is 0.471. The molecule has 1 aromatic heterocycles. The van der Waals surface area contributed by atoms with E-state index in [4.69, 9.17) is 4.74 Å². The Hall–Kier alpha value is -1.81. The van der Waals surface area contributed by atoms with Crippen LogP contribution in [0.4, 0.5) is 0 Å². The summed E-state index contributed by atoms with van der Waals surface area (Å²) in [5.41, 5.74) is 3.36. The molecule has 4 nitrogen and oxygen atoms in total. The fourth-order valence-electron chi connectivity index (χ4n) is 2.49. The van der Waals surface area contributed by atoms with E-state index in [1.165, 1.54) is 5.56 Å². The van der Waals surface area contributed by atoms with Crippen molar-refractivity contribution in [1.82, 2.24) is 15.1 Å². The van der Waals surface area contributed by atoms with Crippen LogP contribution in [0.5, 0.6) is 11.6 Å². The van der Waals surface area contributed by atoms with Crippen molar-refractivity contribution >= 4 is 0 Å². The highest BCUT2D eigenvalue weighted by Gasteiger charge is 2.17. The van der Waals surface area contributed by atoms with Gasteiger partial charge in [-0.25, -0.2) is 4.68 Å². The molecule has 2 aromatic rings. The average molecular weight is 287 g/mol. The van der Waals surface area contributed by atoms with Crippen molar-refractivity contribution in [1.29, 1.82) is 0 Å². The molecular formula is C17H25N3O. The minimum absolute atomic E-state index is 0.475. The Morgan fingerprint density at radius 2 is 2.05 bits per heavy atom. The van der Waals surface area contributed by atoms with Gasteiger partial charge in [0, 0.05) is 13.6 Å². The molecule has 0 saturated carbocycles. The fourth-order valence-corrected chi connectivity index (χ4v) is 2.49. The number of ether oxygens (including phenoxy) is 1. The molecule has 0 radical (unpaired) electrons. The standard InChI is InChI=1S/C17H25N3O/c1-6-12(2)14-9-7-8-10-16(14)21-17-15(11-18-4)13(3)19-20(17)5/h7-10,12,18H,6,11H2,1-5H3. The van der Waals surface area contributed by atoms with E-state index in [2.05, 4.69) is 36.4 Å². The van der Waals surface area contributed by atoms with Gasteiger partial charge in [0.2, 0.25) is 5.88 Å². The first-order chi connectivity index (χ1) is 10.1. The van der Waals surface area contributed by atoms with Gasteiger partial charge in [0.15, 0.2) is 0 Å². The molecule has 1 unspecified atom stereocenters. The maximum Gasteiger partial charge on any atom is 0.222 e. The second kappa shape index (κ2) is 6.76. The first kappa shape index (κ1) is 15.6. The van der Waals surface area contributed by atoms with Crippen LogP contribution in [-0.4, -0.2) is 16.8 Å². The number of aryl methyl sites for hydroxylation is 2. The van der Waals surface area contributed by atoms with E-state index in [9.17, 15) is 0 Å². The third kappa shape index (κ3) is 3.27. The van der Waals surface area contributed by atoms with Gasteiger partial charge in [-0.05, 0) is 37.9 Å². The molecule has 4 heteroatoms. The molecule has 1 atom stereocenters. The van der Waals surface area contributed by atoms with Gasteiger partial charge in [-0.2, -0.15) is 5.10 Å². The van der Waals surface area contributed by atoms with E-state index in [-0.39, 0.29) is 0 Å². The van der Waals surface area contributed by atoms with Crippen molar-refractivity contribution in [2.75, 3.05) is 7.05 Å². The summed E-state index contributed by atoms with van der Waals surface area (Å²) in [7, 11) is 3.86. The van der Waals surface area contributed by atoms with Crippen LogP contribution >= 0.6 is 0 Å². The van der Waals surface area contributed by atoms with E-state index < -0.39 is 0 Å². The molecule has 0 aliphatic heterocycles. The number of nitrogens with zero attached hydrogens (tertiary/aromatic N) is 2. The monoisotopic (exact) mass is 287 g/mol. The van der Waals surface area contributed by atoms with Crippen molar-refractivity contribution in [3.63, 3.8) is 0 Å². The minimum Gasteiger partial charge on any atom is -0.439 e. The van der Waals surface area contributed by atoms with Gasteiger partial charge in [0.25, 0.3) is 0 Å². The summed E-state index contributed by atoms with van der Waals surface area (Å²) in [6, 6.07) is 8.26. The van der Waals surface area contributed by atoms with Gasteiger partial charge in [-0.3, -0.25) is 0 Å². The summed E-state index contributed by atoms with van der Waals surface area (Å²) >= 11 is 0. The molecule has 1 aromatic carbocycles. The second-order valence-electron chi connectivity index (χ2n) is 5.47. The molecule has 0 spiro atoms. The van der Waals surface area contributed by atoms with Crippen LogP contribution in [0.25, 0.3) is 0 Å². The first-order valence-electron chi connectivity index (χ1n) is 7.52. The largest absolute Gasteiger partial charge is 0.439 e. The maximum absolute atomic E-state index is 6.23. The number of hydrogen-bond donors (Lipinski definition) is 1. The molecule has 1 heterocycles. The lowest BCUT2D eigenvalue weighted by Crippen LogP contribution is -2.07. The Labute approximate surface area is 127 Å². The van der Waals surface area contributed by atoms with E-state index in [0.29, 0.717) is 5.92 Å². The number of nitrogens with one attached hydrogen (secondary N) is 1. The highest BCUT2D eigenvalue weighted by Crippen LogP contribution is 2.33. The van der Waals surface area contributed by atoms with Gasteiger partial charge >= 0.3 is 0 Å². The van der Waals surface area contributed by atoms with Crippen LogP contribution in [0.15, 0.2) is 24.3 Å². The second-order valence-corrected chi connectivity index (χ2v) is 5.47. The van der Waals surface area contributed by atoms with Crippen molar-refractivity contribution < 1.29 is 4.74 Å². The van der Waals surface area contributed by atoms with Gasteiger partial charge in [0.1, 0.15) is 5.75 Å². The smallest absolute Gasteiger partial charge is 0.222 e. The normalized spacial score (nSPS) is 12.4. The SMILES string of the molecule is CCC(C)c1ccccc1Oc1c(CNC)c(C)nn1C. The Morgan fingerprint density at radius 1 is 1.33 bits per heavy atom. The molecule has 0 aliphatic rings. The van der Waals surface area contributed by atoms with Crippen LogP contribution in [0.3, 0.4) is 0 Å². The van der Waals surface area contributed by atoms with Crippen molar-refractivity contribution in [3.05, 3.63) is 41.1 Å². The lowest BCUT2D eigenvalue weighted by Gasteiger charge is -2.16. The van der Waals surface area contributed by atoms with E-state index in [1.807, 2.05) is 37.8 Å². The van der Waals surface area contributed by atoms with E-state index in [0.717, 1.165) is 35.9 Å². The Bertz CT molecular complexity index is 604. The molecule has 21 heavy (non-hydrogen) atoms. The molecule has 0 aliphatic carbocycles. The number of rotatable bonds is 6. The third-order valence-electron chi connectivity index (χ3n) is 3.91. The molecule has 0 bridgehead atoms. The predicted molar refractivity (Wildman–Crippen MR) is 85.9 cm³/mol. The van der Waals surface area contributed by atoms with Crippen molar-refractivity contribution in [3.8, 4) is 11.6 Å². The van der Waals surface area contributed by atoms with Crippen LogP contribution in [0.1, 0.15) is 43.0 Å². The molecule has 0 fully saturated rings. The Morgan fingerprint density at radius 3 is 2.71 bits per heavy atom. The topological polar surface area (TPSA) is 39.1 Å². The van der Waals surface area contributed by atoms with E-state index >= 15 is 0 Å². The molecule has 0 saturated heterocycles. The summed E-state index contributed by atoms with van der Waals surface area (Å²) in [6.45, 7) is 7.19. The summed E-state index contributed by atoms with van der Waals surface area (Å²) < 4.78 is 8.04. The molecule has 0 amide bonds. The lowest BCUT2D eigenvalue weighted by atomic mass is 9.98. The zero-order valence-corrected chi connectivity index (χ0v) is 13.6. The highest BCUT2D eigenvalue weighted by molar-refractivity contribution is 5.41. The van der Waals surface area contributed by atoms with Gasteiger partial charge in [-0.1, -0.05) is 32.0 Å². The van der Waals surface area contributed by atoms with Crippen molar-refractivity contribution in [2.45, 2.75) is 39.7 Å².